The van der Waals surface area contributed by atoms with Crippen LogP contribution in [0.25, 0.3) is 0 Å². The van der Waals surface area contributed by atoms with E-state index in [4.69, 9.17) is 17.2 Å². The van der Waals surface area contributed by atoms with E-state index in [1.54, 1.807) is 54.6 Å². The summed E-state index contributed by atoms with van der Waals surface area (Å²) >= 11 is 0. The molecule has 0 unspecified atom stereocenters. The van der Waals surface area contributed by atoms with Crippen molar-refractivity contribution in [2.24, 2.45) is 17.2 Å². The van der Waals surface area contributed by atoms with E-state index in [2.05, 4.69) is 31.9 Å². The average Bonchev–Trinajstić information content (AvgIpc) is 3.59. The molecule has 4 aromatic rings. The van der Waals surface area contributed by atoms with Crippen molar-refractivity contribution in [3.63, 3.8) is 0 Å². The van der Waals surface area contributed by atoms with Gasteiger partial charge in [-0.05, 0) is 145 Å². The zero-order valence-electron chi connectivity index (χ0n) is 50.0. The summed E-state index contributed by atoms with van der Waals surface area (Å²) in [4.78, 5) is 86.2. The van der Waals surface area contributed by atoms with Gasteiger partial charge in [0.2, 0.25) is 35.4 Å². The summed E-state index contributed by atoms with van der Waals surface area (Å²) in [5.41, 5.74) is 28.1. The van der Waals surface area contributed by atoms with Gasteiger partial charge in [0.15, 0.2) is 0 Å². The van der Waals surface area contributed by atoms with Crippen LogP contribution in [-0.4, -0.2) is 162 Å². The molecule has 0 spiro atoms. The topological polar surface area (TPSA) is 384 Å². The zero-order valence-corrected chi connectivity index (χ0v) is 50.0. The summed E-state index contributed by atoms with van der Waals surface area (Å²) in [7, 11) is 5.90. The highest BCUT2D eigenvalue weighted by Gasteiger charge is 2.27. The fraction of sp³-hybridized carbons (Fsp3) is 0.474. The van der Waals surface area contributed by atoms with E-state index in [0.29, 0.717) is 105 Å². The van der Waals surface area contributed by atoms with Crippen molar-refractivity contribution < 1.29 is 58.9 Å². The maximum Gasteiger partial charge on any atom is 0.488 e. The minimum atomic E-state index is -1.73. The van der Waals surface area contributed by atoms with E-state index >= 15 is 0 Å². The molecular weight excluding hydrogens is 1080 g/mol. The van der Waals surface area contributed by atoms with E-state index in [0.717, 1.165) is 16.7 Å². The molecule has 0 fully saturated rings. The molecule has 0 aliphatic heterocycles. The van der Waals surface area contributed by atoms with Gasteiger partial charge in [0.1, 0.15) is 0 Å². The maximum absolute atomic E-state index is 13.6. The van der Waals surface area contributed by atoms with Gasteiger partial charge in [0.05, 0.1) is 37.4 Å². The zero-order chi connectivity index (χ0) is 62.5. The van der Waals surface area contributed by atoms with Crippen LogP contribution in [-0.2, 0) is 107 Å². The molecule has 0 aliphatic rings. The molecule has 0 bridgehead atoms. The van der Waals surface area contributed by atoms with Gasteiger partial charge in [-0.25, -0.2) is 0 Å². The van der Waals surface area contributed by atoms with Crippen molar-refractivity contribution in [3.05, 3.63) is 121 Å². The average molecular weight is 1160 g/mol. The first-order valence-electron chi connectivity index (χ1n) is 28.1. The molecule has 27 heteroatoms. The van der Waals surface area contributed by atoms with Gasteiger partial charge in [-0.2, -0.15) is 0 Å². The molecule has 24 nitrogen and oxygen atoms in total. The number of amides is 6. The number of nitrogens with zero attached hydrogens (tertiary/aromatic N) is 3. The summed E-state index contributed by atoms with van der Waals surface area (Å²) in [6, 6.07) is 11.5. The van der Waals surface area contributed by atoms with E-state index in [-0.39, 0.29) is 58.5 Å². The molecule has 0 radical (unpaired) electrons. The van der Waals surface area contributed by atoms with Crippen molar-refractivity contribution in [2.45, 2.75) is 136 Å². The fourth-order valence-electron chi connectivity index (χ4n) is 10.1. The maximum atomic E-state index is 13.6. The summed E-state index contributed by atoms with van der Waals surface area (Å²) in [6.07, 6.45) is 0.163. The summed E-state index contributed by atoms with van der Waals surface area (Å²) in [5.74, 6) is -3.44. The van der Waals surface area contributed by atoms with Gasteiger partial charge < -0.3 is 93.9 Å². The van der Waals surface area contributed by atoms with E-state index < -0.39 is 74.9 Å². The largest absolute Gasteiger partial charge is 0.488 e. The van der Waals surface area contributed by atoms with Crippen LogP contribution in [0.5, 0.6) is 0 Å². The van der Waals surface area contributed by atoms with Crippen LogP contribution < -0.4 is 65.5 Å². The lowest BCUT2D eigenvalue weighted by Gasteiger charge is -2.27. The number of rotatable bonds is 33. The second kappa shape index (κ2) is 33.8. The van der Waals surface area contributed by atoms with Gasteiger partial charge in [0, 0.05) is 58.9 Å². The molecule has 18 N–H and O–H groups in total. The second-order valence-corrected chi connectivity index (χ2v) is 21.8. The van der Waals surface area contributed by atoms with Gasteiger partial charge in [-0.1, -0.05) is 75.4 Å². The summed E-state index contributed by atoms with van der Waals surface area (Å²) < 4.78 is 0. The number of nitrogens with two attached hydrogens (primary N) is 3. The normalized spacial score (nSPS) is 12.4. The minimum absolute atomic E-state index is 0.00816. The molecule has 4 aromatic carbocycles. The Labute approximate surface area is 494 Å². The molecule has 0 saturated carbocycles. The Morgan fingerprint density at radius 3 is 0.833 bits per heavy atom. The highest BCUT2D eigenvalue weighted by atomic mass is 16.4. The first-order valence-corrected chi connectivity index (χ1v) is 28.1. The van der Waals surface area contributed by atoms with Crippen molar-refractivity contribution in [1.82, 2.24) is 46.6 Å². The number of nitrogens with one attached hydrogen (secondary N) is 6. The smallest absolute Gasteiger partial charge is 0.423 e. The number of carbonyl (C=O) groups excluding carboxylic acids is 6. The number of benzene rings is 4. The third kappa shape index (κ3) is 21.2. The lowest BCUT2D eigenvalue weighted by atomic mass is 9.76. The third-order valence-electron chi connectivity index (χ3n) is 14.2. The molecule has 84 heavy (non-hydrogen) atoms. The molecule has 0 aliphatic carbocycles. The summed E-state index contributed by atoms with van der Waals surface area (Å²) in [6.45, 7) is 7.10. The minimum Gasteiger partial charge on any atom is -0.423 e. The Bertz CT molecular complexity index is 2590. The molecule has 456 valence electrons. The molecule has 4 rings (SSSR count). The first-order chi connectivity index (χ1) is 39.7. The van der Waals surface area contributed by atoms with Crippen LogP contribution in [0.4, 0.5) is 0 Å². The van der Waals surface area contributed by atoms with Gasteiger partial charge in [-0.15, -0.1) is 0 Å². The second-order valence-electron chi connectivity index (χ2n) is 21.8. The highest BCUT2D eigenvalue weighted by Crippen LogP contribution is 2.31. The summed E-state index contributed by atoms with van der Waals surface area (Å²) in [5, 5.41) is 77.0. The Balaban J connectivity index is 1.54. The van der Waals surface area contributed by atoms with Crippen LogP contribution in [0.3, 0.4) is 0 Å². The van der Waals surface area contributed by atoms with Gasteiger partial charge in [-0.3, -0.25) is 28.8 Å². The third-order valence-corrected chi connectivity index (χ3v) is 14.2. The van der Waals surface area contributed by atoms with Crippen molar-refractivity contribution in [1.29, 1.82) is 0 Å². The molecule has 0 saturated heterocycles. The van der Waals surface area contributed by atoms with Crippen LogP contribution in [0.1, 0.15) is 107 Å². The van der Waals surface area contributed by atoms with E-state index in [9.17, 15) is 58.9 Å². The Morgan fingerprint density at radius 2 is 0.631 bits per heavy atom. The van der Waals surface area contributed by atoms with Crippen LogP contribution in [0, 0.1) is 0 Å². The quantitative estimate of drug-likeness (QED) is 0.0200. The van der Waals surface area contributed by atoms with Crippen LogP contribution in [0.15, 0.2) is 54.6 Å². The van der Waals surface area contributed by atoms with Crippen LogP contribution in [0.2, 0.25) is 0 Å². The van der Waals surface area contributed by atoms with Gasteiger partial charge >= 0.3 is 21.4 Å². The predicted molar refractivity (Wildman–Crippen MR) is 324 cm³/mol. The number of carbonyl (C=O) groups is 6. The highest BCUT2D eigenvalue weighted by molar-refractivity contribution is 6.60. The van der Waals surface area contributed by atoms with E-state index in [1.807, 2.05) is 77.8 Å². The van der Waals surface area contributed by atoms with Crippen molar-refractivity contribution >= 4 is 73.2 Å². The number of hydrogen-bond acceptors (Lipinski definition) is 18. The van der Waals surface area contributed by atoms with Crippen molar-refractivity contribution in [3.8, 4) is 0 Å². The monoisotopic (exact) mass is 1160 g/mol. The van der Waals surface area contributed by atoms with Gasteiger partial charge in [0.25, 0.3) is 0 Å². The van der Waals surface area contributed by atoms with Crippen molar-refractivity contribution in [2.75, 3.05) is 42.3 Å². The SMILES string of the molecule is CCc1c(CNC(=O)C[C@H](N)C(=O)NCc2ccc(CN(C)C)c(B(O)O)c2)c(CC)c(CNC(=O)C[C@H](N)C(=O)NCc2ccc(CN(C)C)c(B(O)O)c2)c(CC)c1CNC(=O)C[C@H](N)C(=O)NCc1ccc(CN(C)C)c(B(O)O)c1. The lowest BCUT2D eigenvalue weighted by molar-refractivity contribution is -0.127. The first kappa shape index (κ1) is 69.9. The molecule has 0 heterocycles. The Morgan fingerprint density at radius 1 is 0.393 bits per heavy atom. The standard InChI is InChI=1S/C57H87B3N12O12/c1-10-40-43(28-64-52(73)22-49(61)55(76)67-25-34-13-16-37(31-70(4)5)46(19-34)58(79)80)41(11-2)45(30-66-54(75)24-51(63)57(78)69-27-36-15-18-39(33-72(8)9)48(21-36)60(83)84)42(12-3)44(40)29-65-53(74)23-50(62)56(77)68-26-35-14-17-38(32-71(6)7)47(20-35)59(81)82/h13-21,49-51,79-84H,10-12,22-33,61-63H2,1-9H3,(H,64,73)(H,65,74)(H,66,75)(H,67,76)(H,68,77)(H,69,78)/t49-,50-,51-/m0/s1. The fourth-order valence-corrected chi connectivity index (χ4v) is 10.1. The van der Waals surface area contributed by atoms with Crippen LogP contribution >= 0.6 is 0 Å². The lowest BCUT2D eigenvalue weighted by Crippen LogP contribution is -2.44. The Hall–Kier alpha value is -6.59. The Kier molecular flexibility index (Phi) is 28.1. The van der Waals surface area contributed by atoms with E-state index in [1.165, 1.54) is 0 Å². The molecule has 0 aromatic heterocycles. The molecule has 3 atom stereocenters. The molecular formula is C57H87B3N12O12. The predicted octanol–water partition coefficient (Wildman–Crippen LogP) is -4.45. The number of hydrogen-bond donors (Lipinski definition) is 15. The molecule has 6 amide bonds.